The van der Waals surface area contributed by atoms with Gasteiger partial charge in [0.2, 0.25) is 0 Å². The summed E-state index contributed by atoms with van der Waals surface area (Å²) in [6.45, 7) is 1.69. The summed E-state index contributed by atoms with van der Waals surface area (Å²) in [4.78, 5) is 11.9. The Morgan fingerprint density at radius 3 is 2.59 bits per heavy atom. The Morgan fingerprint density at radius 2 is 1.91 bits per heavy atom. The zero-order valence-electron chi connectivity index (χ0n) is 12.2. The average Bonchev–Trinajstić information content (AvgIpc) is 2.48. The molecule has 0 bridgehead atoms. The minimum absolute atomic E-state index is 0.0504. The van der Waals surface area contributed by atoms with E-state index < -0.39 is 16.2 Å². The highest BCUT2D eigenvalue weighted by Gasteiger charge is 2.26. The first-order chi connectivity index (χ1) is 10.4. The van der Waals surface area contributed by atoms with Crippen molar-refractivity contribution in [2.75, 3.05) is 20.3 Å². The molecule has 0 aromatic heterocycles. The molecular formula is C14H16N2O5S. The number of carbonyl (C=O) groups excluding carboxylic acids is 1. The maximum atomic E-state index is 11.9. The summed E-state index contributed by atoms with van der Waals surface area (Å²) in [6, 6.07) is 9.13. The molecule has 0 saturated heterocycles. The van der Waals surface area contributed by atoms with Gasteiger partial charge in [0.25, 0.3) is 0 Å². The van der Waals surface area contributed by atoms with Crippen LogP contribution in [-0.2, 0) is 19.7 Å². The van der Waals surface area contributed by atoms with Crippen LogP contribution in [0.4, 0.5) is 0 Å². The summed E-state index contributed by atoms with van der Waals surface area (Å²) in [6.07, 6.45) is 1.19. The fourth-order valence-electron chi connectivity index (χ4n) is 1.72. The van der Waals surface area contributed by atoms with E-state index in [1.807, 2.05) is 18.2 Å². The van der Waals surface area contributed by atoms with Crippen molar-refractivity contribution < 1.29 is 22.7 Å². The molecule has 7 nitrogen and oxygen atoms in total. The van der Waals surface area contributed by atoms with Crippen LogP contribution < -0.4 is 4.74 Å². The molecular weight excluding hydrogens is 308 g/mol. The van der Waals surface area contributed by atoms with Gasteiger partial charge in [0, 0.05) is 13.2 Å². The number of rotatable bonds is 5. The molecule has 1 aromatic rings. The minimum atomic E-state index is -3.73. The average molecular weight is 324 g/mol. The van der Waals surface area contributed by atoms with Gasteiger partial charge in [-0.25, -0.2) is 4.79 Å². The largest absolute Gasteiger partial charge is 0.490 e. The van der Waals surface area contributed by atoms with E-state index in [-0.39, 0.29) is 24.5 Å². The molecule has 0 N–H and O–H groups in total. The summed E-state index contributed by atoms with van der Waals surface area (Å²) in [5.41, 5.74) is 0.212. The second-order valence-corrected chi connectivity index (χ2v) is 6.17. The third kappa shape index (κ3) is 3.85. The molecule has 1 heterocycles. The number of carbonyl (C=O) groups is 1. The van der Waals surface area contributed by atoms with E-state index in [1.54, 1.807) is 12.1 Å². The van der Waals surface area contributed by atoms with Crippen LogP contribution in [0.5, 0.6) is 5.75 Å². The number of para-hydroxylation sites is 1. The molecule has 0 unspecified atom stereocenters. The van der Waals surface area contributed by atoms with Gasteiger partial charge in [-0.05, 0) is 19.1 Å². The van der Waals surface area contributed by atoms with E-state index in [4.69, 9.17) is 9.47 Å². The topological polar surface area (TPSA) is 85.3 Å². The SMILES string of the molecule is CC1=NS(=O)(=O)N(C)C=C1C(=O)OCCOc1ccccc1. The summed E-state index contributed by atoms with van der Waals surface area (Å²) in [5, 5.41) is 0. The number of nitrogens with zero attached hydrogens (tertiary/aromatic N) is 2. The molecule has 0 aliphatic carbocycles. The Hall–Kier alpha value is -2.35. The van der Waals surface area contributed by atoms with Crippen molar-refractivity contribution in [3.63, 3.8) is 0 Å². The van der Waals surface area contributed by atoms with Crippen molar-refractivity contribution in [2.24, 2.45) is 4.40 Å². The van der Waals surface area contributed by atoms with Gasteiger partial charge in [0.15, 0.2) is 0 Å². The smallest absolute Gasteiger partial charge is 0.344 e. The van der Waals surface area contributed by atoms with Crippen molar-refractivity contribution >= 4 is 21.9 Å². The molecule has 0 fully saturated rings. The van der Waals surface area contributed by atoms with Crippen LogP contribution in [0.1, 0.15) is 6.92 Å². The molecule has 0 atom stereocenters. The lowest BCUT2D eigenvalue weighted by Gasteiger charge is -2.19. The van der Waals surface area contributed by atoms with Gasteiger partial charge in [-0.1, -0.05) is 18.2 Å². The zero-order valence-corrected chi connectivity index (χ0v) is 13.0. The van der Waals surface area contributed by atoms with Crippen LogP contribution in [0.2, 0.25) is 0 Å². The summed E-state index contributed by atoms with van der Waals surface area (Å²) in [7, 11) is -2.42. The molecule has 1 aromatic carbocycles. The summed E-state index contributed by atoms with van der Waals surface area (Å²) < 4.78 is 37.8. The minimum Gasteiger partial charge on any atom is -0.490 e. The van der Waals surface area contributed by atoms with Crippen LogP contribution >= 0.6 is 0 Å². The lowest BCUT2D eigenvalue weighted by Crippen LogP contribution is -2.29. The summed E-state index contributed by atoms with van der Waals surface area (Å²) in [5.74, 6) is 0.0404. The highest BCUT2D eigenvalue weighted by molar-refractivity contribution is 7.88. The van der Waals surface area contributed by atoms with E-state index in [0.29, 0.717) is 5.75 Å². The molecule has 1 aliphatic rings. The van der Waals surface area contributed by atoms with Gasteiger partial charge in [-0.2, -0.15) is 8.42 Å². The van der Waals surface area contributed by atoms with Crippen molar-refractivity contribution in [2.45, 2.75) is 6.92 Å². The Balaban J connectivity index is 1.87. The standard InChI is InChI=1S/C14H16N2O5S/c1-11-13(10-16(2)22(18,19)15-11)14(17)21-9-8-20-12-6-4-3-5-7-12/h3-7,10H,8-9H2,1-2H3. The number of benzene rings is 1. The van der Waals surface area contributed by atoms with E-state index in [0.717, 1.165) is 4.31 Å². The molecule has 0 saturated carbocycles. The molecule has 8 heteroatoms. The second kappa shape index (κ2) is 6.61. The first kappa shape index (κ1) is 16.0. The lowest BCUT2D eigenvalue weighted by molar-refractivity contribution is -0.139. The van der Waals surface area contributed by atoms with Gasteiger partial charge >= 0.3 is 16.2 Å². The van der Waals surface area contributed by atoms with Gasteiger partial charge in [0.1, 0.15) is 19.0 Å². The quantitative estimate of drug-likeness (QED) is 0.599. The normalized spacial score (nSPS) is 16.5. The van der Waals surface area contributed by atoms with E-state index >= 15 is 0 Å². The van der Waals surface area contributed by atoms with Crippen LogP contribution in [0.25, 0.3) is 0 Å². The number of ether oxygens (including phenoxy) is 2. The maximum Gasteiger partial charge on any atom is 0.344 e. The molecule has 2 rings (SSSR count). The van der Waals surface area contributed by atoms with Crippen LogP contribution in [0.15, 0.2) is 46.5 Å². The highest BCUT2D eigenvalue weighted by Crippen LogP contribution is 2.15. The first-order valence-electron chi connectivity index (χ1n) is 6.52. The van der Waals surface area contributed by atoms with Gasteiger partial charge in [-0.15, -0.1) is 4.40 Å². The molecule has 0 spiro atoms. The number of hydrogen-bond donors (Lipinski definition) is 0. The summed E-state index contributed by atoms with van der Waals surface area (Å²) >= 11 is 0. The predicted octanol–water partition coefficient (Wildman–Crippen LogP) is 1.14. The van der Waals surface area contributed by atoms with Gasteiger partial charge in [-0.3, -0.25) is 4.31 Å². The van der Waals surface area contributed by atoms with Crippen LogP contribution in [-0.4, -0.2) is 44.7 Å². The van der Waals surface area contributed by atoms with Crippen LogP contribution in [0.3, 0.4) is 0 Å². The third-order valence-corrected chi connectivity index (χ3v) is 4.20. The molecule has 22 heavy (non-hydrogen) atoms. The van der Waals surface area contributed by atoms with Crippen molar-refractivity contribution in [3.8, 4) is 5.75 Å². The van der Waals surface area contributed by atoms with Crippen molar-refractivity contribution in [3.05, 3.63) is 42.1 Å². The molecule has 1 aliphatic heterocycles. The first-order valence-corrected chi connectivity index (χ1v) is 7.91. The second-order valence-electron chi connectivity index (χ2n) is 4.51. The van der Waals surface area contributed by atoms with E-state index in [2.05, 4.69) is 4.40 Å². The maximum absolute atomic E-state index is 11.9. The van der Waals surface area contributed by atoms with Gasteiger partial charge in [0.05, 0.1) is 11.3 Å². The van der Waals surface area contributed by atoms with Gasteiger partial charge < -0.3 is 9.47 Å². The van der Waals surface area contributed by atoms with Crippen LogP contribution in [0, 0.1) is 0 Å². The molecule has 0 radical (unpaired) electrons. The Bertz CT molecular complexity index is 710. The molecule has 118 valence electrons. The number of esters is 1. The van der Waals surface area contributed by atoms with E-state index in [1.165, 1.54) is 20.2 Å². The fraction of sp³-hybridized carbons (Fsp3) is 0.286. The van der Waals surface area contributed by atoms with Crippen molar-refractivity contribution in [1.82, 2.24) is 4.31 Å². The Kier molecular flexibility index (Phi) is 4.81. The highest BCUT2D eigenvalue weighted by atomic mass is 32.2. The number of hydrogen-bond acceptors (Lipinski definition) is 5. The Labute approximate surface area is 129 Å². The Morgan fingerprint density at radius 1 is 1.23 bits per heavy atom. The van der Waals surface area contributed by atoms with Crippen molar-refractivity contribution in [1.29, 1.82) is 0 Å². The zero-order chi connectivity index (χ0) is 16.2. The van der Waals surface area contributed by atoms with E-state index in [9.17, 15) is 13.2 Å². The monoisotopic (exact) mass is 324 g/mol. The lowest BCUT2D eigenvalue weighted by atomic mass is 10.2. The third-order valence-electron chi connectivity index (χ3n) is 2.87. The molecule has 0 amide bonds. The fourth-order valence-corrected chi connectivity index (χ4v) is 2.53. The predicted molar refractivity (Wildman–Crippen MR) is 80.8 cm³/mol.